The van der Waals surface area contributed by atoms with Gasteiger partial charge >= 0.3 is 11.9 Å². The molecule has 0 radical (unpaired) electrons. The van der Waals surface area contributed by atoms with Crippen molar-refractivity contribution in [3.63, 3.8) is 0 Å². The Morgan fingerprint density at radius 2 is 1.12 bits per heavy atom. The first kappa shape index (κ1) is 18.4. The van der Waals surface area contributed by atoms with Crippen LogP contribution in [0.3, 0.4) is 0 Å². The molecule has 0 fully saturated rings. The van der Waals surface area contributed by atoms with Crippen LogP contribution in [0.25, 0.3) is 0 Å². The van der Waals surface area contributed by atoms with Crippen molar-refractivity contribution in [3.8, 4) is 0 Å². The van der Waals surface area contributed by atoms with E-state index in [1.54, 1.807) is 0 Å². The van der Waals surface area contributed by atoms with Gasteiger partial charge in [0.2, 0.25) is 20.6 Å². The minimum Gasteiger partial charge on any atom is -0.478 e. The molecule has 0 spiro atoms. The maximum atomic E-state index is 11.3. The summed E-state index contributed by atoms with van der Waals surface area (Å²) in [4.78, 5) is 21.2. The first-order chi connectivity index (χ1) is 11.7. The lowest BCUT2D eigenvalue weighted by atomic mass is 10.0. The second-order valence-corrected chi connectivity index (χ2v) is 6.75. The molecule has 0 heterocycles. The number of hydrogen-bond donors (Lipinski definition) is 2. The fourth-order valence-electron chi connectivity index (χ4n) is 2.05. The number of hydrogen-bond acceptors (Lipinski definition) is 7. The second kappa shape index (κ2) is 7.32. The van der Waals surface area contributed by atoms with E-state index in [4.69, 9.17) is 14.9 Å². The monoisotopic (exact) mass is 386 g/mol. The molecule has 2 rings (SSSR count). The Bertz CT molecular complexity index is 959. The summed E-state index contributed by atoms with van der Waals surface area (Å²) in [6.45, 7) is 0. The highest BCUT2D eigenvalue weighted by Gasteiger charge is 2.26. The Kier molecular flexibility index (Phi) is 5.39. The molecule has 25 heavy (non-hydrogen) atoms. The van der Waals surface area contributed by atoms with Crippen molar-refractivity contribution in [3.05, 3.63) is 47.0 Å². The lowest BCUT2D eigenvalue weighted by molar-refractivity contribution is -0.133. The maximum absolute atomic E-state index is 11.3. The Balaban J connectivity index is 2.49. The van der Waals surface area contributed by atoms with Crippen LogP contribution in [0.4, 0.5) is 0 Å². The van der Waals surface area contributed by atoms with Crippen molar-refractivity contribution in [2.75, 3.05) is 0 Å². The Morgan fingerprint density at radius 3 is 1.40 bits per heavy atom. The first-order valence-electron chi connectivity index (χ1n) is 6.57. The van der Waals surface area contributed by atoms with E-state index in [1.807, 2.05) is 0 Å². The Morgan fingerprint density at radius 1 is 0.760 bits per heavy atom. The molecule has 9 nitrogen and oxygen atoms in total. The average Bonchev–Trinajstić information content (AvgIpc) is 2.54. The van der Waals surface area contributed by atoms with Gasteiger partial charge in [0.1, 0.15) is 21.2 Å². The van der Waals surface area contributed by atoms with Crippen LogP contribution in [-0.2, 0) is 34.9 Å². The van der Waals surface area contributed by atoms with Gasteiger partial charge in [0.05, 0.1) is 0 Å². The van der Waals surface area contributed by atoms with E-state index in [9.17, 15) is 26.4 Å². The van der Waals surface area contributed by atoms with Gasteiger partial charge in [-0.3, -0.25) is 0 Å². The van der Waals surface area contributed by atoms with E-state index >= 15 is 0 Å². The number of carboxylic acid groups (broad SMARTS) is 2. The van der Waals surface area contributed by atoms with Gasteiger partial charge in [0, 0.05) is 24.0 Å². The van der Waals surface area contributed by atoms with Crippen molar-refractivity contribution in [1.82, 2.24) is 0 Å². The van der Waals surface area contributed by atoms with Gasteiger partial charge in [-0.2, -0.15) is 16.8 Å². The number of rotatable bonds is 4. The lowest BCUT2D eigenvalue weighted by Gasteiger charge is -2.18. The molecule has 2 aliphatic carbocycles. The summed E-state index contributed by atoms with van der Waals surface area (Å²) in [7, 11) is -5.58. The van der Waals surface area contributed by atoms with Crippen LogP contribution in [0.1, 0.15) is 12.8 Å². The zero-order valence-corrected chi connectivity index (χ0v) is 13.9. The van der Waals surface area contributed by atoms with Crippen molar-refractivity contribution in [1.29, 1.82) is 0 Å². The third-order valence-corrected chi connectivity index (χ3v) is 4.79. The van der Waals surface area contributed by atoms with Crippen LogP contribution in [0.5, 0.6) is 0 Å². The van der Waals surface area contributed by atoms with Crippen LogP contribution in [-0.4, -0.2) is 48.7 Å². The summed E-state index contributed by atoms with van der Waals surface area (Å²) in [5.41, 5.74) is -0.345. The van der Waals surface area contributed by atoms with Crippen molar-refractivity contribution in [2.24, 2.45) is 0 Å². The predicted molar refractivity (Wildman–Crippen MR) is 85.8 cm³/mol. The van der Waals surface area contributed by atoms with Gasteiger partial charge in [-0.1, -0.05) is 0 Å². The fourth-order valence-corrected chi connectivity index (χ4v) is 3.15. The topological polar surface area (TPSA) is 152 Å². The van der Waals surface area contributed by atoms with Gasteiger partial charge < -0.3 is 14.9 Å². The smallest absolute Gasteiger partial charge is 0.331 e. The molecule has 0 aromatic carbocycles. The SMILES string of the molecule is O=C(O)C1=CC=C(OC2=CC=C(C(=O)O)CC2=S(=O)=O)C(=S(=O)=O)C1. The van der Waals surface area contributed by atoms with Crippen LogP contribution in [0.15, 0.2) is 47.0 Å². The van der Waals surface area contributed by atoms with Crippen LogP contribution in [0.2, 0.25) is 0 Å². The molecule has 0 atom stereocenters. The van der Waals surface area contributed by atoms with Crippen LogP contribution in [0, 0.1) is 0 Å². The average molecular weight is 386 g/mol. The first-order valence-corrected chi connectivity index (χ1v) is 8.72. The molecule has 0 aliphatic heterocycles. The van der Waals surface area contributed by atoms with E-state index in [0.717, 1.165) is 24.3 Å². The zero-order chi connectivity index (χ0) is 18.7. The summed E-state index contributed by atoms with van der Waals surface area (Å²) >= 11 is 0. The molecular formula is C14H10O9S2. The van der Waals surface area contributed by atoms with Crippen LogP contribution >= 0.6 is 0 Å². The fraction of sp³-hybridized carbons (Fsp3) is 0.143. The number of allylic oxidation sites excluding steroid dienone is 6. The molecule has 0 saturated carbocycles. The number of aliphatic carboxylic acids is 2. The largest absolute Gasteiger partial charge is 0.478 e. The minimum absolute atomic E-state index is 0.172. The normalized spacial score (nSPS) is 17.0. The highest BCUT2D eigenvalue weighted by Crippen LogP contribution is 2.24. The predicted octanol–water partition coefficient (Wildman–Crippen LogP) is -0.297. The van der Waals surface area contributed by atoms with Crippen molar-refractivity contribution in [2.45, 2.75) is 12.8 Å². The molecule has 2 N–H and O–H groups in total. The molecule has 0 unspecified atom stereocenters. The van der Waals surface area contributed by atoms with E-state index < -0.39 is 45.4 Å². The standard InChI is InChI=1S/C14H10O9S2/c15-13(16)7-1-3-9(11(5-7)24(19)20)23-10-4-2-8(14(17)18)6-12(10)25(21)22/h1-4H,5-6H2,(H,15,16)(H,17,18). The van der Waals surface area contributed by atoms with E-state index in [1.165, 1.54) is 0 Å². The summed E-state index contributed by atoms with van der Waals surface area (Å²) in [5, 5.41) is 17.9. The van der Waals surface area contributed by atoms with Gasteiger partial charge in [-0.25, -0.2) is 9.59 Å². The molecule has 0 amide bonds. The Hall–Kier alpha value is -2.92. The molecular weight excluding hydrogens is 376 g/mol. The molecule has 0 aromatic heterocycles. The highest BCUT2D eigenvalue weighted by molar-refractivity contribution is 7.73. The third-order valence-electron chi connectivity index (χ3n) is 3.30. The molecule has 2 aliphatic rings. The highest BCUT2D eigenvalue weighted by atomic mass is 32.2. The van der Waals surface area contributed by atoms with Gasteiger partial charge in [0.25, 0.3) is 0 Å². The van der Waals surface area contributed by atoms with E-state index in [-0.39, 0.29) is 32.4 Å². The van der Waals surface area contributed by atoms with Crippen molar-refractivity contribution >= 4 is 42.3 Å². The number of carbonyl (C=O) groups is 2. The summed E-state index contributed by atoms with van der Waals surface area (Å²) in [6.07, 6.45) is 3.64. The second-order valence-electron chi connectivity index (χ2n) is 4.83. The quantitative estimate of drug-likeness (QED) is 0.620. The zero-order valence-electron chi connectivity index (χ0n) is 12.3. The summed E-state index contributed by atoms with van der Waals surface area (Å²) in [5.74, 6) is -3.06. The summed E-state index contributed by atoms with van der Waals surface area (Å²) in [6, 6.07) is 0. The van der Waals surface area contributed by atoms with Crippen LogP contribution < -0.4 is 0 Å². The Labute approximate surface area is 143 Å². The van der Waals surface area contributed by atoms with E-state index in [2.05, 4.69) is 0 Å². The van der Waals surface area contributed by atoms with E-state index in [0.29, 0.717) is 0 Å². The minimum atomic E-state index is -2.79. The maximum Gasteiger partial charge on any atom is 0.331 e. The number of carboxylic acids is 2. The van der Waals surface area contributed by atoms with Crippen molar-refractivity contribution < 1.29 is 41.4 Å². The lowest BCUT2D eigenvalue weighted by Crippen LogP contribution is -2.20. The molecule has 132 valence electrons. The van der Waals surface area contributed by atoms with Gasteiger partial charge in [0.15, 0.2) is 0 Å². The molecule has 0 aromatic rings. The molecule has 11 heteroatoms. The van der Waals surface area contributed by atoms with Gasteiger partial charge in [-0.05, 0) is 24.3 Å². The summed E-state index contributed by atoms with van der Waals surface area (Å²) < 4.78 is 50.6. The third kappa shape index (κ3) is 4.14. The number of ether oxygens (including phenoxy) is 1. The molecule has 0 bridgehead atoms. The van der Waals surface area contributed by atoms with Gasteiger partial charge in [-0.15, -0.1) is 0 Å². The molecule has 0 saturated heterocycles.